The molecular weight excluding hydrogens is 723 g/mol. The first-order valence-corrected chi connectivity index (χ1v) is 24.2. The molecule has 4 nitrogen and oxygen atoms in total. The second kappa shape index (κ2) is 49.2. The lowest BCUT2D eigenvalue weighted by Gasteiger charge is -2.22. The molecule has 2 unspecified atom stereocenters. The first-order valence-electron chi connectivity index (χ1n) is 24.2. The maximum absolute atomic E-state index is 12.4. The number of rotatable bonds is 42. The number of allylic oxidation sites excluding steroid dienone is 20. The minimum Gasteiger partial charge on any atom is -0.394 e. The minimum absolute atomic E-state index is 0.0793. The molecule has 0 aliphatic heterocycles. The van der Waals surface area contributed by atoms with Crippen LogP contribution in [0.3, 0.4) is 0 Å². The van der Waals surface area contributed by atoms with Crippen molar-refractivity contribution in [1.29, 1.82) is 0 Å². The molecule has 3 N–H and O–H groups in total. The molecule has 2 atom stereocenters. The van der Waals surface area contributed by atoms with E-state index in [1.54, 1.807) is 0 Å². The van der Waals surface area contributed by atoms with E-state index in [0.717, 1.165) is 96.3 Å². The first-order chi connectivity index (χ1) is 29.2. The van der Waals surface area contributed by atoms with Crippen LogP contribution in [0, 0.1) is 0 Å². The van der Waals surface area contributed by atoms with Crippen LogP contribution in [0.25, 0.3) is 0 Å². The van der Waals surface area contributed by atoms with E-state index in [4.69, 9.17) is 0 Å². The Labute approximate surface area is 365 Å². The summed E-state index contributed by atoms with van der Waals surface area (Å²) in [5.74, 6) is -0.0793. The summed E-state index contributed by atoms with van der Waals surface area (Å²) in [4.78, 5) is 12.4. The zero-order valence-corrected chi connectivity index (χ0v) is 38.2. The van der Waals surface area contributed by atoms with Gasteiger partial charge in [-0.15, -0.1) is 0 Å². The van der Waals surface area contributed by atoms with Crippen molar-refractivity contribution in [3.8, 4) is 0 Å². The van der Waals surface area contributed by atoms with Gasteiger partial charge >= 0.3 is 0 Å². The Morgan fingerprint density at radius 3 is 1.08 bits per heavy atom. The maximum Gasteiger partial charge on any atom is 0.220 e. The second-order valence-electron chi connectivity index (χ2n) is 15.8. The molecular formula is C55H91NO3. The van der Waals surface area contributed by atoms with Gasteiger partial charge in [-0.25, -0.2) is 0 Å². The average Bonchev–Trinajstić information content (AvgIpc) is 3.24. The van der Waals surface area contributed by atoms with Crippen molar-refractivity contribution in [1.82, 2.24) is 5.32 Å². The van der Waals surface area contributed by atoms with Crippen molar-refractivity contribution >= 4 is 5.91 Å². The average molecular weight is 814 g/mol. The second-order valence-corrected chi connectivity index (χ2v) is 15.8. The summed E-state index contributed by atoms with van der Waals surface area (Å²) < 4.78 is 0. The summed E-state index contributed by atoms with van der Waals surface area (Å²) in [6.45, 7) is 4.21. The van der Waals surface area contributed by atoms with Gasteiger partial charge in [-0.1, -0.05) is 225 Å². The van der Waals surface area contributed by atoms with Crippen molar-refractivity contribution in [2.75, 3.05) is 6.61 Å². The number of amides is 1. The highest BCUT2D eigenvalue weighted by Gasteiger charge is 2.19. The first kappa shape index (κ1) is 55.8. The fourth-order valence-electron chi connectivity index (χ4n) is 6.56. The van der Waals surface area contributed by atoms with E-state index in [2.05, 4.69) is 141 Å². The van der Waals surface area contributed by atoms with Gasteiger partial charge in [-0.2, -0.15) is 0 Å². The zero-order chi connectivity index (χ0) is 42.8. The largest absolute Gasteiger partial charge is 0.394 e. The Morgan fingerprint density at radius 1 is 0.424 bits per heavy atom. The molecule has 0 bridgehead atoms. The van der Waals surface area contributed by atoms with Crippen molar-refractivity contribution in [3.05, 3.63) is 122 Å². The van der Waals surface area contributed by atoms with Gasteiger partial charge < -0.3 is 15.5 Å². The number of hydrogen-bond donors (Lipinski definition) is 3. The van der Waals surface area contributed by atoms with Gasteiger partial charge in [0.05, 0.1) is 18.8 Å². The Balaban J connectivity index is 3.72. The van der Waals surface area contributed by atoms with E-state index in [-0.39, 0.29) is 12.5 Å². The zero-order valence-electron chi connectivity index (χ0n) is 38.2. The van der Waals surface area contributed by atoms with Crippen molar-refractivity contribution in [2.45, 2.75) is 212 Å². The maximum atomic E-state index is 12.4. The smallest absolute Gasteiger partial charge is 0.220 e. The van der Waals surface area contributed by atoms with Gasteiger partial charge in [0.1, 0.15) is 0 Å². The number of unbranched alkanes of at least 4 members (excludes halogenated alkanes) is 15. The predicted molar refractivity (Wildman–Crippen MR) is 262 cm³/mol. The molecule has 0 aliphatic carbocycles. The molecule has 0 aromatic rings. The molecule has 59 heavy (non-hydrogen) atoms. The Morgan fingerprint density at radius 2 is 0.746 bits per heavy atom. The number of aliphatic hydroxyl groups is 2. The summed E-state index contributed by atoms with van der Waals surface area (Å²) in [5, 5.41) is 23.1. The Kier molecular flexibility index (Phi) is 46.5. The summed E-state index contributed by atoms with van der Waals surface area (Å²) in [6.07, 6.45) is 75.7. The lowest BCUT2D eigenvalue weighted by Crippen LogP contribution is -2.45. The van der Waals surface area contributed by atoms with E-state index in [1.165, 1.54) is 77.0 Å². The third kappa shape index (κ3) is 45.7. The van der Waals surface area contributed by atoms with Gasteiger partial charge in [0.15, 0.2) is 0 Å². The van der Waals surface area contributed by atoms with Crippen molar-refractivity contribution in [3.63, 3.8) is 0 Å². The van der Waals surface area contributed by atoms with E-state index < -0.39 is 12.1 Å². The highest BCUT2D eigenvalue weighted by atomic mass is 16.3. The van der Waals surface area contributed by atoms with Gasteiger partial charge in [0.25, 0.3) is 0 Å². The summed E-state index contributed by atoms with van der Waals surface area (Å²) in [6, 6.07) is -0.568. The lowest BCUT2D eigenvalue weighted by molar-refractivity contribution is -0.123. The van der Waals surface area contributed by atoms with Crippen LogP contribution in [-0.2, 0) is 4.79 Å². The highest BCUT2D eigenvalue weighted by molar-refractivity contribution is 5.76. The Hall–Kier alpha value is -3.21. The molecule has 0 aromatic carbocycles. The van der Waals surface area contributed by atoms with E-state index in [9.17, 15) is 15.0 Å². The van der Waals surface area contributed by atoms with Crippen LogP contribution in [-0.4, -0.2) is 34.9 Å². The number of hydrogen-bond acceptors (Lipinski definition) is 3. The minimum atomic E-state index is -0.686. The number of nitrogens with one attached hydrogen (secondary N) is 1. The van der Waals surface area contributed by atoms with Crippen LogP contribution in [0.4, 0.5) is 0 Å². The third-order valence-electron chi connectivity index (χ3n) is 10.2. The molecule has 0 saturated heterocycles. The van der Waals surface area contributed by atoms with Crippen LogP contribution < -0.4 is 5.32 Å². The molecule has 0 saturated carbocycles. The standard InChI is InChI=1S/C55H91NO3/c1-3-5-7-9-11-13-15-17-19-20-21-22-23-24-25-26-27-28-29-30-31-32-33-34-35-36-37-39-41-43-45-47-49-51-55(59)56-53(52-57)54(58)50-48-46-44-42-40-38-18-16-14-12-10-8-6-4-2/h5,7,11,13,17,19,21-22,24-25,27-28,30-31,33-34,36-37,41,43,53-54,57-58H,3-4,6,8-10,12,14-16,18,20,23,26,29,32,35,38-40,42,44-52H2,1-2H3,(H,56,59)/b7-5-,13-11-,19-17-,22-21-,25-24-,28-27-,31-30-,34-33-,37-36-,43-41-. The molecule has 0 heterocycles. The van der Waals surface area contributed by atoms with Crippen LogP contribution in [0.1, 0.15) is 200 Å². The SMILES string of the molecule is CC/C=C\C/C=C\C/C=C\C/C=C\C/C=C\C/C=C\C/C=C\C/C=C\C/C=C\C/C=C\CCCCC(=O)NC(CO)C(O)CCCCCCCCCCCCCCCC. The predicted octanol–water partition coefficient (Wildman–Crippen LogP) is 15.7. The fraction of sp³-hybridized carbons (Fsp3) is 0.618. The van der Waals surface area contributed by atoms with Gasteiger partial charge in [0.2, 0.25) is 5.91 Å². The van der Waals surface area contributed by atoms with Gasteiger partial charge in [-0.05, 0) is 89.9 Å². The summed E-state index contributed by atoms with van der Waals surface area (Å²) in [5.41, 5.74) is 0. The van der Waals surface area contributed by atoms with E-state index in [0.29, 0.717) is 12.8 Å². The molecule has 0 fully saturated rings. The van der Waals surface area contributed by atoms with Gasteiger partial charge in [0, 0.05) is 6.42 Å². The highest BCUT2D eigenvalue weighted by Crippen LogP contribution is 2.15. The molecule has 4 heteroatoms. The topological polar surface area (TPSA) is 69.6 Å². The molecule has 1 amide bonds. The molecule has 0 aliphatic rings. The fourth-order valence-corrected chi connectivity index (χ4v) is 6.56. The Bertz CT molecular complexity index is 1200. The quantitative estimate of drug-likeness (QED) is 0.0425. The van der Waals surface area contributed by atoms with Crippen LogP contribution in [0.5, 0.6) is 0 Å². The third-order valence-corrected chi connectivity index (χ3v) is 10.2. The number of aliphatic hydroxyl groups excluding tert-OH is 2. The molecule has 0 spiro atoms. The summed E-state index contributed by atoms with van der Waals surface area (Å²) >= 11 is 0. The number of carbonyl (C=O) groups is 1. The van der Waals surface area contributed by atoms with Gasteiger partial charge in [-0.3, -0.25) is 4.79 Å². The normalized spacial score (nSPS) is 14.0. The number of carbonyl (C=O) groups excluding carboxylic acids is 1. The van der Waals surface area contributed by atoms with Crippen LogP contribution >= 0.6 is 0 Å². The summed E-state index contributed by atoms with van der Waals surface area (Å²) in [7, 11) is 0. The molecule has 0 radical (unpaired) electrons. The van der Waals surface area contributed by atoms with Crippen LogP contribution in [0.15, 0.2) is 122 Å². The van der Waals surface area contributed by atoms with Crippen LogP contribution in [0.2, 0.25) is 0 Å². The van der Waals surface area contributed by atoms with E-state index in [1.807, 2.05) is 0 Å². The van der Waals surface area contributed by atoms with E-state index >= 15 is 0 Å². The molecule has 0 aromatic heterocycles. The molecule has 0 rings (SSSR count). The lowest BCUT2D eigenvalue weighted by atomic mass is 10.0. The van der Waals surface area contributed by atoms with Crippen molar-refractivity contribution in [2.24, 2.45) is 0 Å². The monoisotopic (exact) mass is 814 g/mol. The van der Waals surface area contributed by atoms with Crippen molar-refractivity contribution < 1.29 is 15.0 Å². The molecule has 334 valence electrons.